The summed E-state index contributed by atoms with van der Waals surface area (Å²) >= 11 is 0. The van der Waals surface area contributed by atoms with E-state index in [1.165, 1.54) is 0 Å². The Morgan fingerprint density at radius 3 is 2.56 bits per heavy atom. The average molecular weight is 348 g/mol. The topological polar surface area (TPSA) is 62.2 Å². The van der Waals surface area contributed by atoms with Gasteiger partial charge in [-0.2, -0.15) is 0 Å². The highest BCUT2D eigenvalue weighted by atomic mass is 16.5. The van der Waals surface area contributed by atoms with Crippen LogP contribution in [0.5, 0.6) is 5.75 Å². The van der Waals surface area contributed by atoms with Crippen LogP contribution >= 0.6 is 0 Å². The van der Waals surface area contributed by atoms with Crippen LogP contribution in [-0.2, 0) is 4.74 Å². The zero-order valence-electron chi connectivity index (χ0n) is 15.3. The molecule has 1 N–H and O–H groups in total. The van der Waals surface area contributed by atoms with Gasteiger partial charge in [-0.3, -0.25) is 0 Å². The van der Waals surface area contributed by atoms with E-state index in [0.29, 0.717) is 32.2 Å². The van der Waals surface area contributed by atoms with E-state index in [4.69, 9.17) is 9.47 Å². The SMILES string of the molecule is COCCOc1ccc(N2C[C@H]3CN(C(=O)O)C[C@@H]2C(C)(C)C3)cc1. The molecule has 3 saturated heterocycles. The van der Waals surface area contributed by atoms with Gasteiger partial charge in [-0.15, -0.1) is 0 Å². The van der Waals surface area contributed by atoms with Gasteiger partial charge in [0.1, 0.15) is 12.4 Å². The Kier molecular flexibility index (Phi) is 5.08. The molecule has 3 aliphatic heterocycles. The van der Waals surface area contributed by atoms with Crippen molar-refractivity contribution in [3.8, 4) is 5.75 Å². The molecule has 3 aliphatic rings. The molecule has 6 nitrogen and oxygen atoms in total. The number of hydrogen-bond acceptors (Lipinski definition) is 4. The smallest absolute Gasteiger partial charge is 0.407 e. The summed E-state index contributed by atoms with van der Waals surface area (Å²) in [5.74, 6) is 1.19. The summed E-state index contributed by atoms with van der Waals surface area (Å²) in [6.07, 6.45) is 0.257. The second kappa shape index (κ2) is 7.12. The standard InChI is InChI=1S/C19H28N2O4/c1-19(2)10-14-11-20(18(22)23)13-17(19)21(12-14)15-4-6-16(7-5-15)25-9-8-24-3/h4-7,14,17H,8-13H2,1-3H3,(H,22,23)/t14-,17-/m1/s1. The number of methoxy groups -OCH3 is 1. The van der Waals surface area contributed by atoms with E-state index in [1.807, 2.05) is 12.1 Å². The van der Waals surface area contributed by atoms with E-state index < -0.39 is 6.09 Å². The van der Waals surface area contributed by atoms with Crippen molar-refractivity contribution in [2.24, 2.45) is 11.3 Å². The molecule has 0 aromatic heterocycles. The van der Waals surface area contributed by atoms with E-state index in [9.17, 15) is 9.90 Å². The number of ether oxygens (including phenoxy) is 2. The van der Waals surface area contributed by atoms with Crippen molar-refractivity contribution in [2.45, 2.75) is 26.3 Å². The lowest BCUT2D eigenvalue weighted by Gasteiger charge is -2.48. The lowest BCUT2D eigenvalue weighted by Crippen LogP contribution is -2.54. The summed E-state index contributed by atoms with van der Waals surface area (Å²) in [7, 11) is 1.66. The minimum atomic E-state index is -0.809. The van der Waals surface area contributed by atoms with E-state index in [2.05, 4.69) is 30.9 Å². The van der Waals surface area contributed by atoms with Gasteiger partial charge in [0.15, 0.2) is 0 Å². The second-order valence-corrected chi connectivity index (χ2v) is 7.75. The predicted molar refractivity (Wildman–Crippen MR) is 96.4 cm³/mol. The van der Waals surface area contributed by atoms with E-state index in [-0.39, 0.29) is 11.5 Å². The number of rotatable bonds is 5. The molecule has 0 radical (unpaired) electrons. The lowest BCUT2D eigenvalue weighted by molar-refractivity contribution is 0.142. The maximum Gasteiger partial charge on any atom is 0.407 e. The highest BCUT2D eigenvalue weighted by Crippen LogP contribution is 2.43. The number of amides is 1. The van der Waals surface area contributed by atoms with Crippen molar-refractivity contribution >= 4 is 11.8 Å². The Balaban J connectivity index is 1.78. The molecule has 0 saturated carbocycles. The molecular formula is C19H28N2O4. The fourth-order valence-corrected chi connectivity index (χ4v) is 4.25. The van der Waals surface area contributed by atoms with Gasteiger partial charge in [0, 0.05) is 32.4 Å². The maximum absolute atomic E-state index is 11.5. The van der Waals surface area contributed by atoms with Gasteiger partial charge in [-0.25, -0.2) is 4.79 Å². The van der Waals surface area contributed by atoms with Crippen molar-refractivity contribution < 1.29 is 19.4 Å². The molecule has 3 heterocycles. The molecule has 3 fully saturated rings. The van der Waals surface area contributed by atoms with E-state index in [0.717, 1.165) is 24.4 Å². The molecule has 25 heavy (non-hydrogen) atoms. The third-order valence-corrected chi connectivity index (χ3v) is 5.41. The Morgan fingerprint density at radius 2 is 1.92 bits per heavy atom. The highest BCUT2D eigenvalue weighted by molar-refractivity contribution is 5.65. The first kappa shape index (κ1) is 17.9. The van der Waals surface area contributed by atoms with Crippen molar-refractivity contribution in [1.29, 1.82) is 0 Å². The summed E-state index contributed by atoms with van der Waals surface area (Å²) in [5, 5.41) is 9.47. The first-order valence-electron chi connectivity index (χ1n) is 8.87. The highest BCUT2D eigenvalue weighted by Gasteiger charge is 2.46. The molecule has 1 aromatic carbocycles. The molecule has 2 atom stereocenters. The van der Waals surface area contributed by atoms with Gasteiger partial charge in [0.05, 0.1) is 12.6 Å². The number of benzene rings is 1. The van der Waals surface area contributed by atoms with Crippen LogP contribution < -0.4 is 9.64 Å². The molecule has 0 unspecified atom stereocenters. The van der Waals surface area contributed by atoms with Gasteiger partial charge >= 0.3 is 6.09 Å². The molecule has 2 bridgehead atoms. The van der Waals surface area contributed by atoms with Crippen LogP contribution in [0.3, 0.4) is 0 Å². The Labute approximate surface area is 149 Å². The molecule has 1 aromatic rings. The fraction of sp³-hybridized carbons (Fsp3) is 0.632. The average Bonchev–Trinajstić information content (AvgIpc) is 2.83. The van der Waals surface area contributed by atoms with Gasteiger partial charge in [-0.1, -0.05) is 13.8 Å². The Hall–Kier alpha value is -1.95. The van der Waals surface area contributed by atoms with E-state index >= 15 is 0 Å². The van der Waals surface area contributed by atoms with Gasteiger partial charge in [0.25, 0.3) is 0 Å². The van der Waals surface area contributed by atoms with Gasteiger partial charge in [-0.05, 0) is 42.0 Å². The number of anilines is 1. The predicted octanol–water partition coefficient (Wildman–Crippen LogP) is 2.93. The maximum atomic E-state index is 11.5. The summed E-state index contributed by atoms with van der Waals surface area (Å²) in [6.45, 7) is 7.70. The molecule has 4 rings (SSSR count). The fourth-order valence-electron chi connectivity index (χ4n) is 4.25. The van der Waals surface area contributed by atoms with Crippen LogP contribution in [0, 0.1) is 11.3 Å². The van der Waals surface area contributed by atoms with Crippen molar-refractivity contribution in [3.05, 3.63) is 24.3 Å². The first-order chi connectivity index (χ1) is 11.9. The molecule has 0 spiro atoms. The van der Waals surface area contributed by atoms with Crippen LogP contribution in [0.15, 0.2) is 24.3 Å². The Morgan fingerprint density at radius 1 is 1.20 bits per heavy atom. The third kappa shape index (κ3) is 3.84. The zero-order chi connectivity index (χ0) is 18.0. The summed E-state index contributed by atoms with van der Waals surface area (Å²) in [4.78, 5) is 15.5. The quantitative estimate of drug-likeness (QED) is 0.829. The largest absolute Gasteiger partial charge is 0.491 e. The van der Waals surface area contributed by atoms with Crippen LogP contribution in [0.1, 0.15) is 20.3 Å². The molecule has 0 aliphatic carbocycles. The minimum Gasteiger partial charge on any atom is -0.491 e. The monoisotopic (exact) mass is 348 g/mol. The van der Waals surface area contributed by atoms with Crippen LogP contribution in [0.25, 0.3) is 0 Å². The lowest BCUT2D eigenvalue weighted by atomic mass is 9.73. The third-order valence-electron chi connectivity index (χ3n) is 5.41. The molecule has 138 valence electrons. The van der Waals surface area contributed by atoms with Crippen LogP contribution in [0.4, 0.5) is 10.5 Å². The number of carbonyl (C=O) groups is 1. The van der Waals surface area contributed by atoms with Crippen LogP contribution in [0.2, 0.25) is 0 Å². The van der Waals surface area contributed by atoms with Gasteiger partial charge < -0.3 is 24.4 Å². The number of hydrogen-bond donors (Lipinski definition) is 1. The van der Waals surface area contributed by atoms with Crippen molar-refractivity contribution in [3.63, 3.8) is 0 Å². The molecular weight excluding hydrogens is 320 g/mol. The van der Waals surface area contributed by atoms with Crippen molar-refractivity contribution in [2.75, 3.05) is 44.9 Å². The summed E-state index contributed by atoms with van der Waals surface area (Å²) < 4.78 is 10.6. The number of carboxylic acid groups (broad SMARTS) is 1. The summed E-state index contributed by atoms with van der Waals surface area (Å²) in [5.41, 5.74) is 1.22. The second-order valence-electron chi connectivity index (χ2n) is 7.75. The normalized spacial score (nSPS) is 24.9. The van der Waals surface area contributed by atoms with Gasteiger partial charge in [0.2, 0.25) is 0 Å². The van der Waals surface area contributed by atoms with Crippen LogP contribution in [-0.4, -0.2) is 62.1 Å². The zero-order valence-corrected chi connectivity index (χ0v) is 15.3. The number of fused-ring (bicyclic) bond motifs is 4. The number of nitrogens with zero attached hydrogens (tertiary/aromatic N) is 2. The summed E-state index contributed by atoms with van der Waals surface area (Å²) in [6, 6.07) is 8.29. The Bertz CT molecular complexity index is 602. The first-order valence-corrected chi connectivity index (χ1v) is 8.87. The molecule has 1 amide bonds. The van der Waals surface area contributed by atoms with Crippen molar-refractivity contribution in [1.82, 2.24) is 4.90 Å². The van der Waals surface area contributed by atoms with E-state index in [1.54, 1.807) is 12.0 Å². The molecule has 6 heteroatoms. The minimum absolute atomic E-state index is 0.0841. The number of piperidine rings is 1.